The van der Waals surface area contributed by atoms with E-state index >= 15 is 0 Å². The molecule has 0 aliphatic rings. The highest BCUT2D eigenvalue weighted by atomic mass is 32.3. The van der Waals surface area contributed by atoms with Gasteiger partial charge in [-0.3, -0.25) is 14.9 Å². The molecule has 0 aliphatic carbocycles. The maximum absolute atomic E-state index is 13.2. The molecule has 0 aliphatic heterocycles. The van der Waals surface area contributed by atoms with Gasteiger partial charge in [-0.2, -0.15) is 8.42 Å². The van der Waals surface area contributed by atoms with Crippen molar-refractivity contribution in [2.75, 3.05) is 5.32 Å². The van der Waals surface area contributed by atoms with E-state index in [0.717, 1.165) is 6.92 Å². The van der Waals surface area contributed by atoms with Gasteiger partial charge in [0.05, 0.1) is 4.92 Å². The molecule has 0 fully saturated rings. The smallest absolute Gasteiger partial charge is 0.321 e. The van der Waals surface area contributed by atoms with Crippen LogP contribution < -0.4 is 5.32 Å². The number of hydrogen-bond donors (Lipinski definition) is 1. The third-order valence-electron chi connectivity index (χ3n) is 1.82. The summed E-state index contributed by atoms with van der Waals surface area (Å²) in [4.78, 5) is 18.8. The molecule has 0 radical (unpaired) electrons. The Balaban J connectivity index is 3.54. The molecule has 0 heterocycles. The summed E-state index contributed by atoms with van der Waals surface area (Å²) in [6.45, 7) is 1.02. The molecule has 1 rings (SSSR count). The van der Waals surface area contributed by atoms with Crippen LogP contribution in [0.25, 0.3) is 0 Å². The molecular weight excluding hydrogens is 274 g/mol. The van der Waals surface area contributed by atoms with Gasteiger partial charge in [0.25, 0.3) is 5.69 Å². The first-order chi connectivity index (χ1) is 8.12. The van der Waals surface area contributed by atoms with Crippen LogP contribution in [0.2, 0.25) is 0 Å². The first-order valence-corrected chi connectivity index (χ1v) is 5.71. The summed E-state index contributed by atoms with van der Waals surface area (Å²) in [6.07, 6.45) is 0. The van der Waals surface area contributed by atoms with Crippen LogP contribution in [0.4, 0.5) is 19.7 Å². The average Bonchev–Trinajstić information content (AvgIpc) is 2.13. The summed E-state index contributed by atoms with van der Waals surface area (Å²) < 4.78 is 47.0. The zero-order chi connectivity index (χ0) is 14.1. The molecule has 1 aromatic carbocycles. The number of carbonyl (C=O) groups excluding carboxylic acids is 1. The minimum Gasteiger partial charge on any atom is -0.321 e. The number of nitro benzene ring substituents is 1. The first-order valence-electron chi connectivity index (χ1n) is 4.33. The third-order valence-corrected chi connectivity index (χ3v) is 2.66. The van der Waals surface area contributed by atoms with E-state index in [4.69, 9.17) is 0 Å². The summed E-state index contributed by atoms with van der Waals surface area (Å²) in [7, 11) is -5.43. The van der Waals surface area contributed by atoms with Crippen molar-refractivity contribution in [3.63, 3.8) is 0 Å². The highest BCUT2D eigenvalue weighted by Gasteiger charge is 2.26. The van der Waals surface area contributed by atoms with Crippen LogP contribution in [0, 0.1) is 15.9 Å². The van der Waals surface area contributed by atoms with Gasteiger partial charge in [0.2, 0.25) is 5.91 Å². The molecule has 0 aromatic heterocycles. The number of nitrogens with zero attached hydrogens (tertiary/aromatic N) is 1. The van der Waals surface area contributed by atoms with Crippen molar-refractivity contribution in [2.24, 2.45) is 0 Å². The van der Waals surface area contributed by atoms with Crippen molar-refractivity contribution < 1.29 is 26.4 Å². The number of nitro groups is 1. The van der Waals surface area contributed by atoms with E-state index in [-0.39, 0.29) is 6.07 Å². The molecule has 1 N–H and O–H groups in total. The van der Waals surface area contributed by atoms with Gasteiger partial charge in [-0.1, -0.05) is 0 Å². The van der Waals surface area contributed by atoms with E-state index in [1.807, 2.05) is 5.32 Å². The van der Waals surface area contributed by atoms with Gasteiger partial charge in [0.15, 0.2) is 0 Å². The van der Waals surface area contributed by atoms with Crippen LogP contribution in [0.15, 0.2) is 17.0 Å². The van der Waals surface area contributed by atoms with Crippen molar-refractivity contribution in [1.29, 1.82) is 0 Å². The minimum absolute atomic E-state index is 0.204. The molecule has 18 heavy (non-hydrogen) atoms. The zero-order valence-electron chi connectivity index (χ0n) is 8.81. The van der Waals surface area contributed by atoms with Gasteiger partial charge >= 0.3 is 10.2 Å². The van der Waals surface area contributed by atoms with Crippen molar-refractivity contribution >= 4 is 27.5 Å². The van der Waals surface area contributed by atoms with Crippen molar-refractivity contribution in [3.05, 3.63) is 28.1 Å². The van der Waals surface area contributed by atoms with Crippen molar-refractivity contribution in [3.8, 4) is 0 Å². The van der Waals surface area contributed by atoms with Crippen LogP contribution >= 0.6 is 0 Å². The van der Waals surface area contributed by atoms with E-state index < -0.39 is 43.1 Å². The quantitative estimate of drug-likeness (QED) is 0.511. The van der Waals surface area contributed by atoms with E-state index in [2.05, 4.69) is 0 Å². The lowest BCUT2D eigenvalue weighted by molar-refractivity contribution is -0.384. The highest BCUT2D eigenvalue weighted by molar-refractivity contribution is 7.86. The summed E-state index contributed by atoms with van der Waals surface area (Å²) >= 11 is 0. The second kappa shape index (κ2) is 4.64. The normalized spacial score (nSPS) is 11.1. The molecule has 0 atom stereocenters. The fourth-order valence-electron chi connectivity index (χ4n) is 1.17. The summed E-state index contributed by atoms with van der Waals surface area (Å²) in [5.74, 6) is -2.26. The fraction of sp³-hybridized carbons (Fsp3) is 0.125. The lowest BCUT2D eigenvalue weighted by Gasteiger charge is -2.05. The summed E-state index contributed by atoms with van der Waals surface area (Å²) in [5, 5.41) is 12.5. The number of amides is 1. The summed E-state index contributed by atoms with van der Waals surface area (Å²) in [5.41, 5.74) is -1.49. The maximum atomic E-state index is 13.2. The molecule has 0 spiro atoms. The Bertz CT molecular complexity index is 629. The van der Waals surface area contributed by atoms with Gasteiger partial charge in [-0.15, -0.1) is 3.89 Å². The Hall–Kier alpha value is -2.10. The lowest BCUT2D eigenvalue weighted by Crippen LogP contribution is -2.10. The molecule has 0 unspecified atom stereocenters. The standard InChI is InChI=1S/C8H6F2N2O5S/c1-4(13)11-6-2-5(9)8(18(10,16)17)3-7(6)12(14)15/h2-3H,1H3,(H,11,13). The molecule has 0 bridgehead atoms. The Labute approximate surface area is 99.8 Å². The average molecular weight is 280 g/mol. The zero-order valence-corrected chi connectivity index (χ0v) is 9.62. The molecule has 7 nitrogen and oxygen atoms in total. The van der Waals surface area contributed by atoms with Crippen LogP contribution in [-0.4, -0.2) is 19.2 Å². The SMILES string of the molecule is CC(=O)Nc1cc(F)c(S(=O)(=O)F)cc1[N+](=O)[O-]. The van der Waals surface area contributed by atoms with Gasteiger partial charge in [-0.05, 0) is 0 Å². The Morgan fingerprint density at radius 2 is 2.00 bits per heavy atom. The van der Waals surface area contributed by atoms with Crippen LogP contribution in [0.3, 0.4) is 0 Å². The highest BCUT2D eigenvalue weighted by Crippen LogP contribution is 2.30. The minimum atomic E-state index is -5.43. The van der Waals surface area contributed by atoms with E-state index in [1.165, 1.54) is 0 Å². The fourth-order valence-corrected chi connectivity index (χ4v) is 1.71. The van der Waals surface area contributed by atoms with Crippen LogP contribution in [0.5, 0.6) is 0 Å². The number of halogens is 2. The first kappa shape index (κ1) is 14.0. The van der Waals surface area contributed by atoms with E-state index in [9.17, 15) is 31.6 Å². The maximum Gasteiger partial charge on any atom is 0.335 e. The third kappa shape index (κ3) is 2.97. The second-order valence-corrected chi connectivity index (χ2v) is 4.49. The number of hydrogen-bond acceptors (Lipinski definition) is 5. The van der Waals surface area contributed by atoms with Gasteiger partial charge < -0.3 is 5.32 Å². The van der Waals surface area contributed by atoms with Crippen molar-refractivity contribution in [2.45, 2.75) is 11.8 Å². The molecule has 0 saturated carbocycles. The number of nitrogens with one attached hydrogen (secondary N) is 1. The Kier molecular flexibility index (Phi) is 3.60. The monoisotopic (exact) mass is 280 g/mol. The van der Waals surface area contributed by atoms with Crippen LogP contribution in [0.1, 0.15) is 6.92 Å². The van der Waals surface area contributed by atoms with Gasteiger partial charge in [-0.25, -0.2) is 4.39 Å². The van der Waals surface area contributed by atoms with E-state index in [0.29, 0.717) is 6.07 Å². The number of anilines is 1. The molecule has 1 aromatic rings. The largest absolute Gasteiger partial charge is 0.335 e. The molecular formula is C8H6F2N2O5S. The predicted octanol–water partition coefficient (Wildman–Crippen LogP) is 1.35. The second-order valence-electron chi connectivity index (χ2n) is 3.18. The molecule has 10 heteroatoms. The summed E-state index contributed by atoms with van der Waals surface area (Å²) in [6, 6.07) is 0.571. The number of rotatable bonds is 3. The topological polar surface area (TPSA) is 106 Å². The van der Waals surface area contributed by atoms with Gasteiger partial charge in [0.1, 0.15) is 16.4 Å². The van der Waals surface area contributed by atoms with Gasteiger partial charge in [0, 0.05) is 19.1 Å². The molecule has 1 amide bonds. The molecule has 0 saturated heterocycles. The number of carbonyl (C=O) groups is 1. The predicted molar refractivity (Wildman–Crippen MR) is 55.7 cm³/mol. The lowest BCUT2D eigenvalue weighted by atomic mass is 10.2. The van der Waals surface area contributed by atoms with E-state index in [1.54, 1.807) is 0 Å². The van der Waals surface area contributed by atoms with Crippen LogP contribution in [-0.2, 0) is 15.0 Å². The number of benzene rings is 1. The Morgan fingerprint density at radius 3 is 2.39 bits per heavy atom. The Morgan fingerprint density at radius 1 is 1.44 bits per heavy atom. The van der Waals surface area contributed by atoms with Crippen molar-refractivity contribution in [1.82, 2.24) is 0 Å². The molecule has 98 valence electrons.